The number of rotatable bonds is 6. The maximum atomic E-state index is 4.46. The van der Waals surface area contributed by atoms with Gasteiger partial charge in [0.2, 0.25) is 0 Å². The van der Waals surface area contributed by atoms with E-state index in [2.05, 4.69) is 46.4 Å². The van der Waals surface area contributed by atoms with Crippen LogP contribution >= 0.6 is 24.0 Å². The van der Waals surface area contributed by atoms with Gasteiger partial charge >= 0.3 is 0 Å². The maximum absolute atomic E-state index is 4.46. The summed E-state index contributed by atoms with van der Waals surface area (Å²) in [6.45, 7) is 10.7. The maximum Gasteiger partial charge on any atom is 0.191 e. The molecule has 0 radical (unpaired) electrons. The predicted molar refractivity (Wildman–Crippen MR) is 116 cm³/mol. The molecule has 7 heteroatoms. The van der Waals surface area contributed by atoms with Crippen molar-refractivity contribution in [1.82, 2.24) is 25.3 Å². The summed E-state index contributed by atoms with van der Waals surface area (Å²) in [5, 5.41) is 11.3. The van der Waals surface area contributed by atoms with Crippen molar-refractivity contribution in [2.24, 2.45) is 12.0 Å². The zero-order valence-electron chi connectivity index (χ0n) is 16.4. The molecule has 0 saturated carbocycles. The number of hydrogen-bond donors (Lipinski definition) is 2. The van der Waals surface area contributed by atoms with Crippen molar-refractivity contribution in [2.45, 2.75) is 59.0 Å². The highest BCUT2D eigenvalue weighted by atomic mass is 127. The number of likely N-dealkylation sites (tertiary alicyclic amines) is 1. The summed E-state index contributed by atoms with van der Waals surface area (Å²) in [4.78, 5) is 6.94. The van der Waals surface area contributed by atoms with Gasteiger partial charge in [0, 0.05) is 51.0 Å². The molecular weight excluding hydrogens is 427 g/mol. The quantitative estimate of drug-likeness (QED) is 0.295. The van der Waals surface area contributed by atoms with Crippen LogP contribution in [0.2, 0.25) is 0 Å². The molecule has 1 aliphatic rings. The van der Waals surface area contributed by atoms with Crippen LogP contribution in [0.3, 0.4) is 0 Å². The summed E-state index contributed by atoms with van der Waals surface area (Å²) in [5.41, 5.74) is 3.54. The van der Waals surface area contributed by atoms with Crippen molar-refractivity contribution in [1.29, 1.82) is 0 Å². The van der Waals surface area contributed by atoms with E-state index in [0.717, 1.165) is 37.2 Å². The predicted octanol–water partition coefficient (Wildman–Crippen LogP) is 2.58. The molecule has 6 nitrogen and oxygen atoms in total. The van der Waals surface area contributed by atoms with Crippen molar-refractivity contribution in [3.8, 4) is 0 Å². The van der Waals surface area contributed by atoms with Gasteiger partial charge in [-0.05, 0) is 46.6 Å². The number of piperidine rings is 1. The monoisotopic (exact) mass is 462 g/mol. The Morgan fingerprint density at radius 2 is 2.04 bits per heavy atom. The van der Waals surface area contributed by atoms with E-state index in [4.69, 9.17) is 0 Å². The first-order valence-electron chi connectivity index (χ1n) is 9.20. The van der Waals surface area contributed by atoms with Gasteiger partial charge in [-0.25, -0.2) is 0 Å². The summed E-state index contributed by atoms with van der Waals surface area (Å²) in [6.07, 6.45) is 5.24. The van der Waals surface area contributed by atoms with Crippen molar-refractivity contribution in [3.63, 3.8) is 0 Å². The van der Waals surface area contributed by atoms with Gasteiger partial charge in [0.25, 0.3) is 0 Å². The first-order chi connectivity index (χ1) is 11.5. The third kappa shape index (κ3) is 6.44. The Morgan fingerprint density at radius 3 is 2.64 bits per heavy atom. The van der Waals surface area contributed by atoms with Crippen LogP contribution in [-0.4, -0.2) is 53.4 Å². The average molecular weight is 462 g/mol. The van der Waals surface area contributed by atoms with Crippen LogP contribution in [0.1, 0.15) is 49.6 Å². The second-order valence-corrected chi connectivity index (χ2v) is 6.86. The highest BCUT2D eigenvalue weighted by Crippen LogP contribution is 2.16. The number of nitrogens with zero attached hydrogens (tertiary/aromatic N) is 4. The van der Waals surface area contributed by atoms with Gasteiger partial charge in [-0.3, -0.25) is 9.67 Å². The van der Waals surface area contributed by atoms with E-state index in [1.54, 1.807) is 0 Å². The van der Waals surface area contributed by atoms with Crippen LogP contribution in [0, 0.1) is 13.8 Å². The van der Waals surface area contributed by atoms with E-state index in [1.807, 2.05) is 18.8 Å². The van der Waals surface area contributed by atoms with Crippen molar-refractivity contribution < 1.29 is 0 Å². The van der Waals surface area contributed by atoms with E-state index in [1.165, 1.54) is 43.6 Å². The minimum atomic E-state index is 0. The molecule has 0 bridgehead atoms. The second kappa shape index (κ2) is 11.0. The minimum Gasteiger partial charge on any atom is -0.356 e. The molecule has 1 fully saturated rings. The zero-order valence-corrected chi connectivity index (χ0v) is 18.8. The van der Waals surface area contributed by atoms with Crippen molar-refractivity contribution in [3.05, 3.63) is 17.0 Å². The third-order valence-electron chi connectivity index (χ3n) is 5.17. The number of guanidine groups is 1. The van der Waals surface area contributed by atoms with Gasteiger partial charge in [-0.2, -0.15) is 5.10 Å². The Labute approximate surface area is 169 Å². The van der Waals surface area contributed by atoms with Gasteiger partial charge in [-0.15, -0.1) is 24.0 Å². The molecule has 1 aromatic heterocycles. The lowest BCUT2D eigenvalue weighted by molar-refractivity contribution is 0.159. The Kier molecular flexibility index (Phi) is 9.78. The van der Waals surface area contributed by atoms with E-state index < -0.39 is 0 Å². The molecule has 1 unspecified atom stereocenters. The molecule has 1 atom stereocenters. The molecule has 0 aliphatic carbocycles. The number of hydrogen-bond acceptors (Lipinski definition) is 3. The van der Waals surface area contributed by atoms with Crippen molar-refractivity contribution in [2.75, 3.05) is 26.7 Å². The average Bonchev–Trinajstić information content (AvgIpc) is 2.81. The Hall–Kier alpha value is -0.830. The Bertz CT molecular complexity index is 554. The fraction of sp³-hybridized carbons (Fsp3) is 0.778. The smallest absolute Gasteiger partial charge is 0.191 e. The molecule has 144 valence electrons. The van der Waals surface area contributed by atoms with Crippen LogP contribution in [0.5, 0.6) is 0 Å². The number of halogens is 1. The molecule has 1 aromatic rings. The summed E-state index contributed by atoms with van der Waals surface area (Å²) >= 11 is 0. The highest BCUT2D eigenvalue weighted by molar-refractivity contribution is 14.0. The van der Waals surface area contributed by atoms with Gasteiger partial charge in [0.1, 0.15) is 0 Å². The van der Waals surface area contributed by atoms with Gasteiger partial charge in [-0.1, -0.05) is 6.42 Å². The normalized spacial score (nSPS) is 18.8. The minimum absolute atomic E-state index is 0. The Morgan fingerprint density at radius 1 is 1.28 bits per heavy atom. The van der Waals surface area contributed by atoms with E-state index in [9.17, 15) is 0 Å². The lowest BCUT2D eigenvalue weighted by Gasteiger charge is -2.33. The van der Waals surface area contributed by atoms with E-state index in [-0.39, 0.29) is 24.0 Å². The summed E-state index contributed by atoms with van der Waals surface area (Å²) in [7, 11) is 3.81. The molecule has 0 aromatic carbocycles. The van der Waals surface area contributed by atoms with Gasteiger partial charge < -0.3 is 15.5 Å². The molecule has 0 spiro atoms. The highest BCUT2D eigenvalue weighted by Gasteiger charge is 2.17. The third-order valence-corrected chi connectivity index (χ3v) is 5.17. The van der Waals surface area contributed by atoms with Crippen LogP contribution in [0.15, 0.2) is 4.99 Å². The molecular formula is C18H35IN6. The summed E-state index contributed by atoms with van der Waals surface area (Å²) in [5.74, 6) is 0.865. The van der Waals surface area contributed by atoms with Crippen LogP contribution < -0.4 is 10.6 Å². The first-order valence-corrected chi connectivity index (χ1v) is 9.20. The molecule has 2 N–H and O–H groups in total. The van der Waals surface area contributed by atoms with Crippen molar-refractivity contribution >= 4 is 29.9 Å². The fourth-order valence-corrected chi connectivity index (χ4v) is 3.44. The number of nitrogens with one attached hydrogen (secondary N) is 2. The van der Waals surface area contributed by atoms with Gasteiger partial charge in [0.15, 0.2) is 5.96 Å². The van der Waals surface area contributed by atoms with E-state index in [0.29, 0.717) is 0 Å². The largest absolute Gasteiger partial charge is 0.356 e. The molecule has 0 amide bonds. The molecule has 1 saturated heterocycles. The summed E-state index contributed by atoms with van der Waals surface area (Å²) in [6, 6.07) is 0.743. The molecule has 2 heterocycles. The van der Waals surface area contributed by atoms with Crippen LogP contribution in [0.25, 0.3) is 0 Å². The molecule has 1 aliphatic heterocycles. The first kappa shape index (κ1) is 22.2. The van der Waals surface area contributed by atoms with Crippen LogP contribution in [-0.2, 0) is 13.6 Å². The SMILES string of the molecule is CN=C(NCCCN1CCCCC1C)NCc1c(C)nn(C)c1C.I. The lowest BCUT2D eigenvalue weighted by Crippen LogP contribution is -2.41. The standard InChI is InChI=1S/C18H34N6.HI/c1-14-9-6-7-11-24(14)12-8-10-20-18(19-4)21-13-17-15(2)22-23(5)16(17)3;/h14H,6-13H2,1-5H3,(H2,19,20,21);1H. The number of aryl methyl sites for hydroxylation is 2. The number of aliphatic imine (C=N–C) groups is 1. The van der Waals surface area contributed by atoms with Crippen LogP contribution in [0.4, 0.5) is 0 Å². The summed E-state index contributed by atoms with van der Waals surface area (Å²) < 4.78 is 1.93. The lowest BCUT2D eigenvalue weighted by atomic mass is 10.0. The zero-order chi connectivity index (χ0) is 17.5. The second-order valence-electron chi connectivity index (χ2n) is 6.86. The van der Waals surface area contributed by atoms with E-state index >= 15 is 0 Å². The molecule has 2 rings (SSSR count). The topological polar surface area (TPSA) is 57.5 Å². The van der Waals surface area contributed by atoms with Gasteiger partial charge in [0.05, 0.1) is 5.69 Å². The fourth-order valence-electron chi connectivity index (χ4n) is 3.44. The molecule has 25 heavy (non-hydrogen) atoms. The Balaban J connectivity index is 0.00000312. The number of aromatic nitrogens is 2.